The second kappa shape index (κ2) is 10.3. The van der Waals surface area contributed by atoms with Crippen molar-refractivity contribution in [3.8, 4) is 5.75 Å². The standard InChI is InChI=1S/C29H35N3O4/c33-28-13-12-26(29(34)30-28)31-15-21-10-11-23(14-22(21)16-31)36-27-9-5-4-8-25(27)32-17-24(18-32)35-19-20-6-2-1-3-7-20/h1-3,6-7,10-11,14,24-27H,4-5,8-9,12-13,15-19H2,(H,30,33,34)/t25-,26?,27-/m0/s1. The predicted molar refractivity (Wildman–Crippen MR) is 135 cm³/mol. The van der Waals surface area contributed by atoms with Gasteiger partial charge in [0, 0.05) is 38.6 Å². The van der Waals surface area contributed by atoms with Crippen LogP contribution >= 0.6 is 0 Å². The summed E-state index contributed by atoms with van der Waals surface area (Å²) in [6.07, 6.45) is 6.21. The molecule has 7 heteroatoms. The first-order valence-electron chi connectivity index (χ1n) is 13.4. The van der Waals surface area contributed by atoms with Crippen molar-refractivity contribution < 1.29 is 19.1 Å². The van der Waals surface area contributed by atoms with E-state index in [4.69, 9.17) is 9.47 Å². The van der Waals surface area contributed by atoms with E-state index in [1.807, 2.05) is 6.07 Å². The van der Waals surface area contributed by atoms with Crippen molar-refractivity contribution in [1.29, 1.82) is 0 Å². The molecule has 2 amide bonds. The lowest BCUT2D eigenvalue weighted by Crippen LogP contribution is -2.61. The third kappa shape index (κ3) is 5.05. The Morgan fingerprint density at radius 3 is 2.53 bits per heavy atom. The van der Waals surface area contributed by atoms with Crippen molar-refractivity contribution in [2.24, 2.45) is 0 Å². The Balaban J connectivity index is 1.04. The maximum absolute atomic E-state index is 12.3. The van der Waals surface area contributed by atoms with Gasteiger partial charge in [-0.15, -0.1) is 0 Å². The lowest BCUT2D eigenvalue weighted by molar-refractivity contribution is -0.137. The molecule has 1 saturated carbocycles. The van der Waals surface area contributed by atoms with Gasteiger partial charge in [-0.3, -0.25) is 24.7 Å². The summed E-state index contributed by atoms with van der Waals surface area (Å²) in [5, 5.41) is 2.49. The van der Waals surface area contributed by atoms with Crippen molar-refractivity contribution in [2.45, 2.75) is 82.5 Å². The number of nitrogens with zero attached hydrogens (tertiary/aromatic N) is 2. The van der Waals surface area contributed by atoms with E-state index < -0.39 is 0 Å². The summed E-state index contributed by atoms with van der Waals surface area (Å²) >= 11 is 0. The second-order valence-corrected chi connectivity index (χ2v) is 10.7. The molecule has 7 nitrogen and oxygen atoms in total. The summed E-state index contributed by atoms with van der Waals surface area (Å²) in [5.41, 5.74) is 3.69. The molecule has 1 N–H and O–H groups in total. The van der Waals surface area contributed by atoms with Gasteiger partial charge in [0.15, 0.2) is 0 Å². The van der Waals surface area contributed by atoms with Gasteiger partial charge in [-0.25, -0.2) is 0 Å². The first-order chi connectivity index (χ1) is 17.6. The molecule has 36 heavy (non-hydrogen) atoms. The maximum atomic E-state index is 12.3. The molecule has 190 valence electrons. The highest BCUT2D eigenvalue weighted by Crippen LogP contribution is 2.34. The number of carbonyl (C=O) groups excluding carboxylic acids is 2. The SMILES string of the molecule is O=C1CCC(N2Cc3ccc(O[C@H]4CCCC[C@@H]4N4CC(OCc5ccccc5)C4)cc3C2)C(=O)N1. The normalized spacial score (nSPS) is 27.4. The molecule has 3 atom stereocenters. The quantitative estimate of drug-likeness (QED) is 0.602. The number of benzene rings is 2. The van der Waals surface area contributed by atoms with Gasteiger partial charge in [0.05, 0.1) is 18.8 Å². The summed E-state index contributed by atoms with van der Waals surface area (Å²) in [6, 6.07) is 17.0. The molecule has 4 aliphatic rings. The smallest absolute Gasteiger partial charge is 0.243 e. The van der Waals surface area contributed by atoms with Gasteiger partial charge in [0.1, 0.15) is 11.9 Å². The van der Waals surface area contributed by atoms with Crippen molar-refractivity contribution >= 4 is 11.8 Å². The van der Waals surface area contributed by atoms with Crippen LogP contribution in [0.15, 0.2) is 48.5 Å². The van der Waals surface area contributed by atoms with Gasteiger partial charge >= 0.3 is 0 Å². The Labute approximate surface area is 212 Å². The number of imide groups is 1. The Bertz CT molecular complexity index is 1100. The van der Waals surface area contributed by atoms with E-state index in [1.165, 1.54) is 36.0 Å². The molecule has 0 aromatic heterocycles. The second-order valence-electron chi connectivity index (χ2n) is 10.7. The van der Waals surface area contributed by atoms with E-state index in [0.717, 1.165) is 38.3 Å². The summed E-state index contributed by atoms with van der Waals surface area (Å²) in [7, 11) is 0. The zero-order valence-electron chi connectivity index (χ0n) is 20.7. The van der Waals surface area contributed by atoms with E-state index in [-0.39, 0.29) is 24.0 Å². The molecular weight excluding hydrogens is 454 g/mol. The minimum Gasteiger partial charge on any atom is -0.489 e. The van der Waals surface area contributed by atoms with Crippen molar-refractivity contribution in [3.05, 3.63) is 65.2 Å². The lowest BCUT2D eigenvalue weighted by Gasteiger charge is -2.48. The van der Waals surface area contributed by atoms with Gasteiger partial charge in [-0.05, 0) is 54.5 Å². The number of fused-ring (bicyclic) bond motifs is 1. The fraction of sp³-hybridized carbons (Fsp3) is 0.517. The number of amides is 2. The van der Waals surface area contributed by atoms with Crippen LogP contribution in [0.25, 0.3) is 0 Å². The minimum atomic E-state index is -0.231. The van der Waals surface area contributed by atoms with Crippen LogP contribution in [0, 0.1) is 0 Å². The zero-order valence-corrected chi connectivity index (χ0v) is 20.7. The summed E-state index contributed by atoms with van der Waals surface area (Å²) < 4.78 is 12.7. The molecule has 3 heterocycles. The molecule has 6 rings (SSSR count). The topological polar surface area (TPSA) is 71.1 Å². The van der Waals surface area contributed by atoms with Gasteiger partial charge in [0.2, 0.25) is 11.8 Å². The predicted octanol–water partition coefficient (Wildman–Crippen LogP) is 3.40. The molecule has 1 aliphatic carbocycles. The zero-order chi connectivity index (χ0) is 24.5. The van der Waals surface area contributed by atoms with Crippen LogP contribution in [0.5, 0.6) is 5.75 Å². The fourth-order valence-electron chi connectivity index (χ4n) is 6.16. The molecule has 2 aromatic rings. The number of hydrogen-bond donors (Lipinski definition) is 1. The number of likely N-dealkylation sites (tertiary alicyclic amines) is 1. The highest BCUT2D eigenvalue weighted by molar-refractivity contribution is 6.00. The van der Waals surface area contributed by atoms with Crippen LogP contribution in [0.1, 0.15) is 55.2 Å². The molecule has 0 spiro atoms. The Kier molecular flexibility index (Phi) is 6.78. The number of carbonyl (C=O) groups is 2. The largest absolute Gasteiger partial charge is 0.489 e. The molecule has 1 unspecified atom stereocenters. The molecule has 2 aromatic carbocycles. The van der Waals surface area contributed by atoms with E-state index >= 15 is 0 Å². The Morgan fingerprint density at radius 1 is 0.889 bits per heavy atom. The molecule has 3 aliphatic heterocycles. The van der Waals surface area contributed by atoms with Crippen LogP contribution < -0.4 is 10.1 Å². The first kappa shape index (κ1) is 23.6. The molecule has 2 saturated heterocycles. The van der Waals surface area contributed by atoms with Gasteiger partial charge in [-0.2, -0.15) is 0 Å². The summed E-state index contributed by atoms with van der Waals surface area (Å²) in [5.74, 6) is 0.594. The maximum Gasteiger partial charge on any atom is 0.243 e. The summed E-state index contributed by atoms with van der Waals surface area (Å²) in [6.45, 7) is 4.09. The highest BCUT2D eigenvalue weighted by Gasteiger charge is 2.39. The lowest BCUT2D eigenvalue weighted by atomic mass is 9.89. The summed E-state index contributed by atoms with van der Waals surface area (Å²) in [4.78, 5) is 28.6. The first-order valence-corrected chi connectivity index (χ1v) is 13.4. The number of hydrogen-bond acceptors (Lipinski definition) is 6. The molecule has 0 bridgehead atoms. The van der Waals surface area contributed by atoms with Crippen LogP contribution in [0.3, 0.4) is 0 Å². The molecule has 3 fully saturated rings. The Hall–Kier alpha value is -2.74. The average Bonchev–Trinajstić information content (AvgIpc) is 3.28. The number of nitrogens with one attached hydrogen (secondary N) is 1. The van der Waals surface area contributed by atoms with Gasteiger partial charge in [-0.1, -0.05) is 42.8 Å². The number of rotatable bonds is 7. The minimum absolute atomic E-state index is 0.165. The van der Waals surface area contributed by atoms with Crippen LogP contribution in [0.2, 0.25) is 0 Å². The van der Waals surface area contributed by atoms with E-state index in [1.54, 1.807) is 0 Å². The van der Waals surface area contributed by atoms with Gasteiger partial charge < -0.3 is 9.47 Å². The van der Waals surface area contributed by atoms with Crippen LogP contribution in [0.4, 0.5) is 0 Å². The van der Waals surface area contributed by atoms with Crippen molar-refractivity contribution in [2.75, 3.05) is 13.1 Å². The average molecular weight is 490 g/mol. The Morgan fingerprint density at radius 2 is 1.69 bits per heavy atom. The van der Waals surface area contributed by atoms with Crippen molar-refractivity contribution in [1.82, 2.24) is 15.1 Å². The number of ether oxygens (including phenoxy) is 2. The highest BCUT2D eigenvalue weighted by atomic mass is 16.5. The number of piperidine rings is 1. The van der Waals surface area contributed by atoms with E-state index in [9.17, 15) is 9.59 Å². The van der Waals surface area contributed by atoms with Gasteiger partial charge in [0.25, 0.3) is 0 Å². The van der Waals surface area contributed by atoms with E-state index in [0.29, 0.717) is 31.6 Å². The fourth-order valence-corrected chi connectivity index (χ4v) is 6.16. The molecule has 0 radical (unpaired) electrons. The van der Waals surface area contributed by atoms with Crippen LogP contribution in [-0.4, -0.2) is 59.0 Å². The van der Waals surface area contributed by atoms with E-state index in [2.05, 4.69) is 57.6 Å². The van der Waals surface area contributed by atoms with Crippen molar-refractivity contribution in [3.63, 3.8) is 0 Å². The third-order valence-corrected chi connectivity index (χ3v) is 8.20. The van der Waals surface area contributed by atoms with Crippen LogP contribution in [-0.2, 0) is 34.0 Å². The third-order valence-electron chi connectivity index (χ3n) is 8.20. The monoisotopic (exact) mass is 489 g/mol. The molecular formula is C29H35N3O4.